The number of rotatable bonds is 7. The molecule has 1 aliphatic rings. The molecule has 2 aromatic heterocycles. The van der Waals surface area contributed by atoms with E-state index in [2.05, 4.69) is 15.4 Å². The van der Waals surface area contributed by atoms with Crippen LogP contribution in [0.2, 0.25) is 0 Å². The Hall–Kier alpha value is -2.94. The second-order valence-electron chi connectivity index (χ2n) is 7.93. The van der Waals surface area contributed by atoms with Crippen molar-refractivity contribution in [3.8, 4) is 11.3 Å². The topological polar surface area (TPSA) is 107 Å². The molecule has 1 aromatic carbocycles. The molecule has 3 aromatic rings. The maximum atomic E-state index is 12.5. The first-order valence-corrected chi connectivity index (χ1v) is 12.3. The minimum absolute atomic E-state index is 0.0266. The summed E-state index contributed by atoms with van der Waals surface area (Å²) in [4.78, 5) is 17.1. The van der Waals surface area contributed by atoms with Crippen LogP contribution in [0.15, 0.2) is 58.2 Å². The molecule has 31 heavy (non-hydrogen) atoms. The lowest BCUT2D eigenvalue weighted by molar-refractivity contribution is -0.122. The zero-order valence-corrected chi connectivity index (χ0v) is 18.2. The van der Waals surface area contributed by atoms with Gasteiger partial charge in [-0.15, -0.1) is 0 Å². The molecule has 0 radical (unpaired) electrons. The summed E-state index contributed by atoms with van der Waals surface area (Å²) in [6.45, 7) is 0. The average molecular weight is 443 g/mol. The Morgan fingerprint density at radius 2 is 2.00 bits per heavy atom. The summed E-state index contributed by atoms with van der Waals surface area (Å²) in [6.07, 6.45) is 11.4. The van der Waals surface area contributed by atoms with Gasteiger partial charge in [0.15, 0.2) is 21.5 Å². The lowest BCUT2D eigenvalue weighted by Gasteiger charge is -2.32. The maximum absolute atomic E-state index is 12.5. The number of carbonyl (C=O) groups is 1. The van der Waals surface area contributed by atoms with Gasteiger partial charge in [0.25, 0.3) is 0 Å². The monoisotopic (exact) mass is 442 g/mol. The van der Waals surface area contributed by atoms with Crippen LogP contribution in [0.1, 0.15) is 44.0 Å². The molecule has 1 amide bonds. The Labute approximate surface area is 181 Å². The Balaban J connectivity index is 1.33. The Kier molecular flexibility index (Phi) is 6.22. The van der Waals surface area contributed by atoms with E-state index < -0.39 is 9.84 Å². The van der Waals surface area contributed by atoms with Gasteiger partial charge < -0.3 is 9.73 Å². The van der Waals surface area contributed by atoms with Crippen LogP contribution in [0.25, 0.3) is 11.3 Å². The van der Waals surface area contributed by atoms with Crippen molar-refractivity contribution in [3.05, 3.63) is 54.8 Å². The largest absolute Gasteiger partial charge is 0.441 e. The summed E-state index contributed by atoms with van der Waals surface area (Å²) in [5, 5.41) is 7.51. The van der Waals surface area contributed by atoms with E-state index >= 15 is 0 Å². The van der Waals surface area contributed by atoms with E-state index in [0.29, 0.717) is 18.1 Å². The van der Waals surface area contributed by atoms with Crippen molar-refractivity contribution in [2.24, 2.45) is 0 Å². The number of hydrogen-bond acceptors (Lipinski definition) is 6. The molecular formula is C22H26N4O4S. The molecule has 1 N–H and O–H groups in total. The van der Waals surface area contributed by atoms with E-state index in [9.17, 15) is 13.2 Å². The molecule has 0 aliphatic heterocycles. The third kappa shape index (κ3) is 5.22. The van der Waals surface area contributed by atoms with Crippen LogP contribution >= 0.6 is 0 Å². The van der Waals surface area contributed by atoms with Gasteiger partial charge in [-0.2, -0.15) is 5.10 Å². The Morgan fingerprint density at radius 1 is 1.23 bits per heavy atom. The van der Waals surface area contributed by atoms with Gasteiger partial charge in [-0.25, -0.2) is 13.4 Å². The van der Waals surface area contributed by atoms with Crippen LogP contribution in [0.4, 0.5) is 0 Å². The van der Waals surface area contributed by atoms with Gasteiger partial charge in [-0.05, 0) is 43.2 Å². The van der Waals surface area contributed by atoms with Gasteiger partial charge in [0.05, 0.1) is 23.2 Å². The van der Waals surface area contributed by atoms with E-state index in [-0.39, 0.29) is 29.3 Å². The number of benzene rings is 1. The fraction of sp³-hybridized carbons (Fsp3) is 0.409. The van der Waals surface area contributed by atoms with Gasteiger partial charge in [-0.1, -0.05) is 12.8 Å². The highest BCUT2D eigenvalue weighted by atomic mass is 32.2. The first-order chi connectivity index (χ1) is 14.9. The summed E-state index contributed by atoms with van der Waals surface area (Å²) in [7, 11) is -3.24. The maximum Gasteiger partial charge on any atom is 0.220 e. The molecule has 0 spiro atoms. The molecule has 1 fully saturated rings. The second-order valence-corrected chi connectivity index (χ2v) is 9.94. The van der Waals surface area contributed by atoms with Gasteiger partial charge in [0.2, 0.25) is 5.91 Å². The molecule has 0 unspecified atom stereocenters. The predicted octanol–water partition coefficient (Wildman–Crippen LogP) is 3.17. The first-order valence-electron chi connectivity index (χ1n) is 10.4. The van der Waals surface area contributed by atoms with Crippen LogP contribution < -0.4 is 5.32 Å². The van der Waals surface area contributed by atoms with Crippen molar-refractivity contribution in [2.45, 2.75) is 55.5 Å². The van der Waals surface area contributed by atoms with Crippen molar-refractivity contribution >= 4 is 15.7 Å². The van der Waals surface area contributed by atoms with E-state index in [1.165, 1.54) is 6.26 Å². The number of aryl methyl sites for hydroxylation is 1. The quantitative estimate of drug-likeness (QED) is 0.602. The second kappa shape index (κ2) is 9.05. The highest BCUT2D eigenvalue weighted by molar-refractivity contribution is 7.90. The number of oxazole rings is 1. The average Bonchev–Trinajstić information content (AvgIpc) is 3.45. The highest BCUT2D eigenvalue weighted by Gasteiger charge is 2.28. The zero-order chi connectivity index (χ0) is 21.8. The van der Waals surface area contributed by atoms with Crippen LogP contribution in [-0.4, -0.2) is 41.4 Å². The highest BCUT2D eigenvalue weighted by Crippen LogP contribution is 2.28. The minimum atomic E-state index is -3.24. The molecule has 0 saturated heterocycles. The van der Waals surface area contributed by atoms with Gasteiger partial charge in [0.1, 0.15) is 0 Å². The molecule has 4 rings (SSSR count). The molecule has 0 bridgehead atoms. The number of nitrogens with zero attached hydrogens (tertiary/aromatic N) is 3. The summed E-state index contributed by atoms with van der Waals surface area (Å²) in [6, 6.07) is 8.63. The fourth-order valence-electron chi connectivity index (χ4n) is 4.00. The van der Waals surface area contributed by atoms with Gasteiger partial charge in [-0.3, -0.25) is 9.48 Å². The summed E-state index contributed by atoms with van der Waals surface area (Å²) < 4.78 is 30.9. The number of aromatic nitrogens is 3. The zero-order valence-electron chi connectivity index (χ0n) is 17.4. The normalized spacial score (nSPS) is 19.3. The number of amides is 1. The van der Waals surface area contributed by atoms with Gasteiger partial charge in [0, 0.05) is 37.1 Å². The number of carbonyl (C=O) groups excluding carboxylic acids is 1. The van der Waals surface area contributed by atoms with Crippen LogP contribution in [0.3, 0.4) is 0 Å². The molecule has 1 aliphatic carbocycles. The van der Waals surface area contributed by atoms with E-state index in [1.54, 1.807) is 36.7 Å². The van der Waals surface area contributed by atoms with E-state index in [1.807, 2.05) is 16.9 Å². The van der Waals surface area contributed by atoms with Crippen LogP contribution in [0, 0.1) is 0 Å². The molecule has 8 nitrogen and oxygen atoms in total. The lowest BCUT2D eigenvalue weighted by atomic mass is 9.90. The van der Waals surface area contributed by atoms with E-state index in [4.69, 9.17) is 4.42 Å². The summed E-state index contributed by atoms with van der Waals surface area (Å²) in [5.41, 5.74) is 0.736. The van der Waals surface area contributed by atoms with Crippen molar-refractivity contribution in [1.82, 2.24) is 20.1 Å². The SMILES string of the molecule is CS(=O)(=O)c1ccc(-c2cnc(CCC(=O)N[C@@H]3CCCC[C@@H]3n3cccn3)o2)cc1. The molecule has 2 atom stereocenters. The first kappa shape index (κ1) is 21.3. The molecule has 2 heterocycles. The smallest absolute Gasteiger partial charge is 0.220 e. The fourth-order valence-corrected chi connectivity index (χ4v) is 4.63. The van der Waals surface area contributed by atoms with Crippen LogP contribution in [0.5, 0.6) is 0 Å². The number of hydrogen-bond donors (Lipinski definition) is 1. The molecule has 9 heteroatoms. The van der Waals surface area contributed by atoms with Crippen molar-refractivity contribution in [3.63, 3.8) is 0 Å². The summed E-state index contributed by atoms with van der Waals surface area (Å²) in [5.74, 6) is 0.993. The van der Waals surface area contributed by atoms with Crippen LogP contribution in [-0.2, 0) is 21.1 Å². The third-order valence-corrected chi connectivity index (χ3v) is 6.76. The minimum Gasteiger partial charge on any atom is -0.441 e. The Bertz CT molecular complexity index is 1120. The van der Waals surface area contributed by atoms with Crippen molar-refractivity contribution in [2.75, 3.05) is 6.26 Å². The third-order valence-electron chi connectivity index (χ3n) is 5.63. The lowest BCUT2D eigenvalue weighted by Crippen LogP contribution is -2.43. The molecule has 164 valence electrons. The van der Waals surface area contributed by atoms with Crippen molar-refractivity contribution in [1.29, 1.82) is 0 Å². The van der Waals surface area contributed by atoms with Gasteiger partial charge >= 0.3 is 0 Å². The summed E-state index contributed by atoms with van der Waals surface area (Å²) >= 11 is 0. The standard InChI is InChI=1S/C22H26N4O4S/c1-31(28,29)17-9-7-16(8-10-17)20-15-23-22(30-20)12-11-21(27)25-18-5-2-3-6-19(18)26-14-4-13-24-26/h4,7-10,13-15,18-19H,2-3,5-6,11-12H2,1H3,(H,25,27)/t18-,19+/m1/s1. The number of sulfone groups is 1. The number of nitrogens with one attached hydrogen (secondary N) is 1. The molecular weight excluding hydrogens is 416 g/mol. The Morgan fingerprint density at radius 3 is 2.71 bits per heavy atom. The molecule has 1 saturated carbocycles. The predicted molar refractivity (Wildman–Crippen MR) is 115 cm³/mol. The van der Waals surface area contributed by atoms with E-state index in [0.717, 1.165) is 31.2 Å². The van der Waals surface area contributed by atoms with Crippen molar-refractivity contribution < 1.29 is 17.6 Å².